The van der Waals surface area contributed by atoms with Crippen LogP contribution in [0, 0.1) is 4.91 Å². The minimum Gasteiger partial charge on any atom is -0.305 e. The highest BCUT2D eigenvalue weighted by atomic mass is 16.3. The standard InChI is InChI=1S/C5H10N4O/c6-9-7-4-1-2-5(3-4)8-10/h4-5H,1-3H2,(H2,6,7)/t4-,5+/m0/s1. The largest absolute Gasteiger partial charge is 0.305 e. The van der Waals surface area contributed by atoms with E-state index in [1.807, 2.05) is 0 Å². The monoisotopic (exact) mass is 142 g/mol. The van der Waals surface area contributed by atoms with E-state index < -0.39 is 0 Å². The van der Waals surface area contributed by atoms with Crippen LogP contribution in [-0.2, 0) is 0 Å². The van der Waals surface area contributed by atoms with Crippen molar-refractivity contribution >= 4 is 0 Å². The zero-order valence-electron chi connectivity index (χ0n) is 5.60. The molecule has 0 heterocycles. The first kappa shape index (κ1) is 7.11. The fourth-order valence-corrected chi connectivity index (χ4v) is 1.23. The van der Waals surface area contributed by atoms with Gasteiger partial charge in [-0.05, 0) is 19.3 Å². The Kier molecular flexibility index (Phi) is 2.30. The number of nitrogens with two attached hydrogens (primary N) is 1. The van der Waals surface area contributed by atoms with Gasteiger partial charge in [-0.1, -0.05) is 10.4 Å². The maximum absolute atomic E-state index is 10.0. The van der Waals surface area contributed by atoms with E-state index in [4.69, 9.17) is 5.84 Å². The highest BCUT2D eigenvalue weighted by Crippen LogP contribution is 2.24. The first-order chi connectivity index (χ1) is 4.86. The van der Waals surface area contributed by atoms with E-state index in [0.717, 1.165) is 12.8 Å². The molecule has 0 spiro atoms. The van der Waals surface area contributed by atoms with Crippen LogP contribution in [0.1, 0.15) is 19.3 Å². The summed E-state index contributed by atoms with van der Waals surface area (Å²) in [6.07, 6.45) is 2.43. The van der Waals surface area contributed by atoms with Gasteiger partial charge < -0.3 is 5.84 Å². The molecule has 2 atom stereocenters. The topological polar surface area (TPSA) is 80.2 Å². The van der Waals surface area contributed by atoms with E-state index >= 15 is 0 Å². The normalized spacial score (nSPS) is 33.2. The van der Waals surface area contributed by atoms with Crippen LogP contribution in [0.15, 0.2) is 15.5 Å². The van der Waals surface area contributed by atoms with Crippen molar-refractivity contribution in [3.05, 3.63) is 4.91 Å². The SMILES string of the molecule is NN=N[C@H]1CC[C@@H](N=O)C1. The first-order valence-electron chi connectivity index (χ1n) is 3.29. The molecule has 0 aromatic heterocycles. The molecule has 1 fully saturated rings. The lowest BCUT2D eigenvalue weighted by molar-refractivity contribution is 0.632. The van der Waals surface area contributed by atoms with E-state index in [1.54, 1.807) is 0 Å². The molecule has 0 aromatic carbocycles. The number of rotatable bonds is 2. The van der Waals surface area contributed by atoms with Gasteiger partial charge in [-0.25, -0.2) is 0 Å². The third-order valence-corrected chi connectivity index (χ3v) is 1.76. The van der Waals surface area contributed by atoms with E-state index in [1.165, 1.54) is 0 Å². The second kappa shape index (κ2) is 3.24. The highest BCUT2D eigenvalue weighted by molar-refractivity contribution is 4.83. The molecule has 10 heavy (non-hydrogen) atoms. The zero-order chi connectivity index (χ0) is 7.40. The Bertz CT molecular complexity index is 147. The summed E-state index contributed by atoms with van der Waals surface area (Å²) >= 11 is 0. The highest BCUT2D eigenvalue weighted by Gasteiger charge is 2.24. The molecular weight excluding hydrogens is 132 g/mol. The summed E-state index contributed by atoms with van der Waals surface area (Å²) in [6, 6.07) is 0.0724. The third kappa shape index (κ3) is 1.49. The molecule has 0 aromatic rings. The summed E-state index contributed by atoms with van der Waals surface area (Å²) in [5.74, 6) is 4.84. The maximum atomic E-state index is 10.0. The zero-order valence-corrected chi connectivity index (χ0v) is 5.60. The van der Waals surface area contributed by atoms with Crippen molar-refractivity contribution in [3.8, 4) is 0 Å². The van der Waals surface area contributed by atoms with Crippen molar-refractivity contribution in [1.82, 2.24) is 0 Å². The molecule has 0 amide bonds. The van der Waals surface area contributed by atoms with Crippen LogP contribution in [0.4, 0.5) is 0 Å². The molecule has 0 unspecified atom stereocenters. The van der Waals surface area contributed by atoms with Gasteiger partial charge in [-0.15, -0.1) is 0 Å². The van der Waals surface area contributed by atoms with Crippen LogP contribution in [0.2, 0.25) is 0 Å². The molecule has 2 N–H and O–H groups in total. The Morgan fingerprint density at radius 2 is 2.00 bits per heavy atom. The number of nitroso groups, excluding NO2 is 1. The molecule has 0 saturated heterocycles. The van der Waals surface area contributed by atoms with E-state index in [0.29, 0.717) is 6.42 Å². The predicted molar refractivity (Wildman–Crippen MR) is 36.3 cm³/mol. The maximum Gasteiger partial charge on any atom is 0.0941 e. The Morgan fingerprint density at radius 3 is 2.50 bits per heavy atom. The van der Waals surface area contributed by atoms with Crippen LogP contribution in [0.5, 0.6) is 0 Å². The van der Waals surface area contributed by atoms with Crippen LogP contribution in [0.3, 0.4) is 0 Å². The van der Waals surface area contributed by atoms with Gasteiger partial charge in [0.15, 0.2) is 0 Å². The van der Waals surface area contributed by atoms with Crippen molar-refractivity contribution in [2.24, 2.45) is 21.4 Å². The Morgan fingerprint density at radius 1 is 1.30 bits per heavy atom. The molecule has 0 aliphatic heterocycles. The molecule has 1 rings (SSSR count). The smallest absolute Gasteiger partial charge is 0.0941 e. The average molecular weight is 142 g/mol. The van der Waals surface area contributed by atoms with Crippen molar-refractivity contribution in [2.75, 3.05) is 0 Å². The van der Waals surface area contributed by atoms with Gasteiger partial charge in [-0.2, -0.15) is 10.0 Å². The second-order valence-electron chi connectivity index (χ2n) is 2.46. The quantitative estimate of drug-likeness (QED) is 0.270. The van der Waals surface area contributed by atoms with Crippen LogP contribution < -0.4 is 5.84 Å². The third-order valence-electron chi connectivity index (χ3n) is 1.76. The summed E-state index contributed by atoms with van der Waals surface area (Å²) in [5.41, 5.74) is 0. The minimum absolute atomic E-state index is 0.0597. The van der Waals surface area contributed by atoms with Crippen molar-refractivity contribution in [3.63, 3.8) is 0 Å². The summed E-state index contributed by atoms with van der Waals surface area (Å²) in [7, 11) is 0. The van der Waals surface area contributed by atoms with Crippen molar-refractivity contribution in [1.29, 1.82) is 0 Å². The molecule has 56 valence electrons. The van der Waals surface area contributed by atoms with Gasteiger partial charge >= 0.3 is 0 Å². The molecule has 1 aliphatic carbocycles. The summed E-state index contributed by atoms with van der Waals surface area (Å²) in [4.78, 5) is 10.0. The summed E-state index contributed by atoms with van der Waals surface area (Å²) in [5, 5.41) is 9.82. The van der Waals surface area contributed by atoms with E-state index in [2.05, 4.69) is 15.5 Å². The number of nitrogens with zero attached hydrogens (tertiary/aromatic N) is 3. The van der Waals surface area contributed by atoms with Gasteiger partial charge in [0.25, 0.3) is 0 Å². The fraction of sp³-hybridized carbons (Fsp3) is 1.00. The predicted octanol–water partition coefficient (Wildman–Crippen LogP) is 1.000. The van der Waals surface area contributed by atoms with E-state index in [9.17, 15) is 4.91 Å². The molecule has 5 nitrogen and oxygen atoms in total. The molecule has 5 heteroatoms. The van der Waals surface area contributed by atoms with E-state index in [-0.39, 0.29) is 12.1 Å². The van der Waals surface area contributed by atoms with Crippen molar-refractivity contribution in [2.45, 2.75) is 31.3 Å². The first-order valence-corrected chi connectivity index (χ1v) is 3.29. The number of hydrogen-bond donors (Lipinski definition) is 1. The van der Waals surface area contributed by atoms with Crippen LogP contribution in [-0.4, -0.2) is 12.1 Å². The molecular formula is C5H10N4O. The van der Waals surface area contributed by atoms with Crippen LogP contribution in [0.25, 0.3) is 0 Å². The van der Waals surface area contributed by atoms with Gasteiger partial charge in [0.1, 0.15) is 0 Å². The summed E-state index contributed by atoms with van der Waals surface area (Å²) in [6.45, 7) is 0. The molecule has 1 saturated carbocycles. The van der Waals surface area contributed by atoms with Gasteiger partial charge in [-0.3, -0.25) is 0 Å². The lowest BCUT2D eigenvalue weighted by Crippen LogP contribution is -2.00. The molecule has 0 radical (unpaired) electrons. The second-order valence-corrected chi connectivity index (χ2v) is 2.46. The lowest BCUT2D eigenvalue weighted by Gasteiger charge is -1.96. The summed E-state index contributed by atoms with van der Waals surface area (Å²) < 4.78 is 0. The van der Waals surface area contributed by atoms with Crippen LogP contribution >= 0.6 is 0 Å². The Balaban J connectivity index is 2.35. The molecule has 0 bridgehead atoms. The van der Waals surface area contributed by atoms with Crippen molar-refractivity contribution < 1.29 is 0 Å². The van der Waals surface area contributed by atoms with Gasteiger partial charge in [0.2, 0.25) is 0 Å². The average Bonchev–Trinajstić information content (AvgIpc) is 2.37. The minimum atomic E-state index is -0.0597. The Hall–Kier alpha value is -1.00. The van der Waals surface area contributed by atoms with Gasteiger partial charge in [0, 0.05) is 0 Å². The number of hydrogen-bond acceptors (Lipinski definition) is 4. The fourth-order valence-electron chi connectivity index (χ4n) is 1.23. The molecule has 1 aliphatic rings. The Labute approximate surface area is 58.6 Å². The van der Waals surface area contributed by atoms with Gasteiger partial charge in [0.05, 0.1) is 12.1 Å². The lowest BCUT2D eigenvalue weighted by atomic mass is 10.2.